The fourth-order valence-electron chi connectivity index (χ4n) is 2.63. The average molecular weight is 392 g/mol. The molecule has 3 rings (SSSR count). The smallest absolute Gasteiger partial charge is 0.251 e. The van der Waals surface area contributed by atoms with Crippen LogP contribution in [0.15, 0.2) is 47.4 Å². The van der Waals surface area contributed by atoms with Crippen LogP contribution in [-0.2, 0) is 16.4 Å². The Morgan fingerprint density at radius 2 is 2.00 bits per heavy atom. The Kier molecular flexibility index (Phi) is 5.76. The van der Waals surface area contributed by atoms with Gasteiger partial charge in [0.05, 0.1) is 7.11 Å². The van der Waals surface area contributed by atoms with Gasteiger partial charge >= 0.3 is 0 Å². The van der Waals surface area contributed by atoms with Crippen LogP contribution in [0.2, 0.25) is 0 Å². The number of sulfonamides is 1. The summed E-state index contributed by atoms with van der Waals surface area (Å²) in [7, 11) is -2.38. The van der Waals surface area contributed by atoms with E-state index in [0.717, 1.165) is 18.4 Å². The maximum absolute atomic E-state index is 13.2. The molecule has 0 saturated heterocycles. The lowest BCUT2D eigenvalue weighted by Crippen LogP contribution is -2.28. The molecule has 144 valence electrons. The molecular formula is C19H21FN2O4S. The van der Waals surface area contributed by atoms with E-state index in [1.165, 1.54) is 37.4 Å². The molecule has 8 heteroatoms. The predicted molar refractivity (Wildman–Crippen MR) is 98.8 cm³/mol. The van der Waals surface area contributed by atoms with Crippen LogP contribution in [-0.4, -0.2) is 34.0 Å². The summed E-state index contributed by atoms with van der Waals surface area (Å²) in [5, 5.41) is 2.72. The van der Waals surface area contributed by atoms with E-state index in [-0.39, 0.29) is 28.1 Å². The molecule has 1 aliphatic rings. The first kappa shape index (κ1) is 19.3. The lowest BCUT2D eigenvalue weighted by molar-refractivity contribution is 0.0954. The summed E-state index contributed by atoms with van der Waals surface area (Å²) in [6, 6.07) is 10.4. The van der Waals surface area contributed by atoms with E-state index in [4.69, 9.17) is 4.74 Å². The number of methoxy groups -OCH3 is 1. The van der Waals surface area contributed by atoms with Gasteiger partial charge in [-0.05, 0) is 55.2 Å². The number of rotatable bonds is 8. The van der Waals surface area contributed by atoms with Crippen LogP contribution < -0.4 is 14.8 Å². The summed E-state index contributed by atoms with van der Waals surface area (Å²) in [6.45, 7) is 0.302. The summed E-state index contributed by atoms with van der Waals surface area (Å²) in [4.78, 5) is 12.3. The van der Waals surface area contributed by atoms with Crippen molar-refractivity contribution >= 4 is 15.9 Å². The first-order valence-corrected chi connectivity index (χ1v) is 10.1. The normalized spacial score (nSPS) is 14.0. The fraction of sp³-hybridized carbons (Fsp3) is 0.316. The zero-order valence-electron chi connectivity index (χ0n) is 14.9. The largest absolute Gasteiger partial charge is 0.495 e. The number of hydrogen-bond acceptors (Lipinski definition) is 4. The summed E-state index contributed by atoms with van der Waals surface area (Å²) in [6.07, 6.45) is 2.08. The lowest BCUT2D eigenvalue weighted by Gasteiger charge is -2.12. The van der Waals surface area contributed by atoms with Crippen LogP contribution in [0.5, 0.6) is 5.75 Å². The highest BCUT2D eigenvalue weighted by Crippen LogP contribution is 2.28. The minimum Gasteiger partial charge on any atom is -0.495 e. The molecule has 27 heavy (non-hydrogen) atoms. The van der Waals surface area contributed by atoms with Crippen LogP contribution >= 0.6 is 0 Å². The molecule has 6 nitrogen and oxygen atoms in total. The molecule has 0 atom stereocenters. The molecule has 0 radical (unpaired) electrons. The zero-order valence-corrected chi connectivity index (χ0v) is 15.7. The van der Waals surface area contributed by atoms with Gasteiger partial charge in [0.25, 0.3) is 5.91 Å². The second kappa shape index (κ2) is 8.06. The molecule has 0 unspecified atom stereocenters. The monoisotopic (exact) mass is 392 g/mol. The van der Waals surface area contributed by atoms with E-state index >= 15 is 0 Å². The van der Waals surface area contributed by atoms with E-state index in [9.17, 15) is 17.6 Å². The Morgan fingerprint density at radius 1 is 1.22 bits per heavy atom. The topological polar surface area (TPSA) is 84.5 Å². The zero-order chi connectivity index (χ0) is 19.4. The van der Waals surface area contributed by atoms with Crippen LogP contribution in [0, 0.1) is 5.82 Å². The number of ether oxygens (including phenoxy) is 1. The highest BCUT2D eigenvalue weighted by molar-refractivity contribution is 7.89. The Hall–Kier alpha value is -2.45. The SMILES string of the molecule is COc1ccc(C(=O)NCCc2cccc(F)c2)cc1S(=O)(=O)NC1CC1. The number of nitrogens with one attached hydrogen (secondary N) is 2. The van der Waals surface area contributed by atoms with Gasteiger partial charge in [0.15, 0.2) is 0 Å². The number of halogens is 1. The van der Waals surface area contributed by atoms with Crippen molar-refractivity contribution in [1.82, 2.24) is 10.0 Å². The molecular weight excluding hydrogens is 371 g/mol. The minimum absolute atomic E-state index is 0.0524. The number of amides is 1. The van der Waals surface area contributed by atoms with Crippen molar-refractivity contribution in [3.05, 3.63) is 59.4 Å². The maximum atomic E-state index is 13.2. The first-order chi connectivity index (χ1) is 12.9. The van der Waals surface area contributed by atoms with Gasteiger partial charge in [-0.1, -0.05) is 12.1 Å². The van der Waals surface area contributed by atoms with Gasteiger partial charge in [0, 0.05) is 18.2 Å². The molecule has 0 bridgehead atoms. The third kappa shape index (κ3) is 5.05. The fourth-order valence-corrected chi connectivity index (χ4v) is 4.13. The van der Waals surface area contributed by atoms with Gasteiger partial charge in [-0.2, -0.15) is 0 Å². The van der Waals surface area contributed by atoms with Crippen LogP contribution in [0.25, 0.3) is 0 Å². The summed E-state index contributed by atoms with van der Waals surface area (Å²) in [5.74, 6) is -0.552. The van der Waals surface area contributed by atoms with Crippen molar-refractivity contribution in [2.45, 2.75) is 30.2 Å². The molecule has 0 aromatic heterocycles. The molecule has 2 aromatic carbocycles. The predicted octanol–water partition coefficient (Wildman–Crippen LogP) is 2.25. The van der Waals surface area contributed by atoms with Crippen LogP contribution in [0.3, 0.4) is 0 Å². The third-order valence-electron chi connectivity index (χ3n) is 4.20. The Morgan fingerprint density at radius 3 is 2.67 bits per heavy atom. The Labute approximate surface area is 157 Å². The van der Waals surface area contributed by atoms with Gasteiger partial charge in [-0.15, -0.1) is 0 Å². The molecule has 0 aliphatic heterocycles. The second-order valence-electron chi connectivity index (χ2n) is 6.40. The molecule has 2 aromatic rings. The van der Waals surface area contributed by atoms with Gasteiger partial charge in [-0.3, -0.25) is 4.79 Å². The number of hydrogen-bond donors (Lipinski definition) is 2. The molecule has 1 amide bonds. The lowest BCUT2D eigenvalue weighted by atomic mass is 10.1. The highest BCUT2D eigenvalue weighted by atomic mass is 32.2. The maximum Gasteiger partial charge on any atom is 0.251 e. The van der Waals surface area contributed by atoms with Crippen molar-refractivity contribution in [1.29, 1.82) is 0 Å². The van der Waals surface area contributed by atoms with Crippen LogP contribution in [0.1, 0.15) is 28.8 Å². The number of carbonyl (C=O) groups is 1. The highest BCUT2D eigenvalue weighted by Gasteiger charge is 2.30. The molecule has 1 fully saturated rings. The number of benzene rings is 2. The van der Waals surface area contributed by atoms with Crippen molar-refractivity contribution in [3.63, 3.8) is 0 Å². The Balaban J connectivity index is 1.70. The van der Waals surface area contributed by atoms with Gasteiger partial charge in [0.1, 0.15) is 16.5 Å². The minimum atomic E-state index is -3.76. The summed E-state index contributed by atoms with van der Waals surface area (Å²) >= 11 is 0. The van der Waals surface area contributed by atoms with Crippen LogP contribution in [0.4, 0.5) is 4.39 Å². The first-order valence-electron chi connectivity index (χ1n) is 8.62. The van der Waals surface area contributed by atoms with Crippen molar-refractivity contribution < 1.29 is 22.3 Å². The summed E-state index contributed by atoms with van der Waals surface area (Å²) < 4.78 is 45.9. The molecule has 1 saturated carbocycles. The van der Waals surface area contributed by atoms with E-state index < -0.39 is 15.9 Å². The molecule has 1 aliphatic carbocycles. The van der Waals surface area contributed by atoms with Crippen molar-refractivity contribution in [2.24, 2.45) is 0 Å². The standard InChI is InChI=1S/C19H21FN2O4S/c1-26-17-8-5-14(12-18(17)27(24,25)22-16-6-7-16)19(23)21-10-9-13-3-2-4-15(20)11-13/h2-5,8,11-12,16,22H,6-7,9-10H2,1H3,(H,21,23). The van der Waals surface area contributed by atoms with E-state index in [2.05, 4.69) is 10.0 Å². The van der Waals surface area contributed by atoms with Gasteiger partial charge < -0.3 is 10.1 Å². The quantitative estimate of drug-likeness (QED) is 0.722. The van der Waals surface area contributed by atoms with E-state index in [1.807, 2.05) is 0 Å². The molecule has 0 spiro atoms. The van der Waals surface area contributed by atoms with Crippen molar-refractivity contribution in [2.75, 3.05) is 13.7 Å². The van der Waals surface area contributed by atoms with E-state index in [1.54, 1.807) is 12.1 Å². The van der Waals surface area contributed by atoms with Gasteiger partial charge in [-0.25, -0.2) is 17.5 Å². The van der Waals surface area contributed by atoms with Crippen molar-refractivity contribution in [3.8, 4) is 5.75 Å². The summed E-state index contributed by atoms with van der Waals surface area (Å²) in [5.41, 5.74) is 0.980. The van der Waals surface area contributed by atoms with Gasteiger partial charge in [0.2, 0.25) is 10.0 Å². The number of carbonyl (C=O) groups excluding carboxylic acids is 1. The third-order valence-corrected chi connectivity index (χ3v) is 5.74. The van der Waals surface area contributed by atoms with E-state index in [0.29, 0.717) is 13.0 Å². The Bertz CT molecular complexity index is 942. The average Bonchev–Trinajstić information content (AvgIpc) is 3.44. The molecule has 2 N–H and O–H groups in total. The second-order valence-corrected chi connectivity index (χ2v) is 8.08. The molecule has 0 heterocycles.